The number of carbonyl (C=O) groups is 1. The Labute approximate surface area is 202 Å². The van der Waals surface area contributed by atoms with Crippen molar-refractivity contribution in [3.63, 3.8) is 0 Å². The number of amides is 1. The molecule has 178 valence electrons. The van der Waals surface area contributed by atoms with Crippen LogP contribution in [-0.4, -0.2) is 22.5 Å². The highest BCUT2D eigenvalue weighted by molar-refractivity contribution is 5.94. The normalized spacial score (nSPS) is 10.5. The van der Waals surface area contributed by atoms with Crippen LogP contribution < -0.4 is 19.5 Å². The number of pyridine rings is 2. The van der Waals surface area contributed by atoms with Crippen LogP contribution >= 0.6 is 0 Å². The molecule has 0 bridgehead atoms. The van der Waals surface area contributed by atoms with E-state index in [9.17, 15) is 9.18 Å². The Morgan fingerprint density at radius 2 is 1.80 bits per heavy atom. The summed E-state index contributed by atoms with van der Waals surface area (Å²) in [5, 5.41) is 2.86. The maximum Gasteiger partial charge on any atom is 0.251 e. The van der Waals surface area contributed by atoms with Crippen LogP contribution in [0.3, 0.4) is 0 Å². The summed E-state index contributed by atoms with van der Waals surface area (Å²) < 4.78 is 30.8. The van der Waals surface area contributed by atoms with Gasteiger partial charge in [0.25, 0.3) is 5.91 Å². The Morgan fingerprint density at radius 1 is 0.943 bits per heavy atom. The van der Waals surface area contributed by atoms with Crippen LogP contribution in [0, 0.1) is 5.82 Å². The molecule has 0 aliphatic heterocycles. The molecule has 2 aromatic carbocycles. The van der Waals surface area contributed by atoms with Crippen molar-refractivity contribution >= 4 is 5.91 Å². The Kier molecular flexibility index (Phi) is 7.85. The Hall–Kier alpha value is -4.46. The molecule has 0 saturated carbocycles. The van der Waals surface area contributed by atoms with Gasteiger partial charge < -0.3 is 19.5 Å². The minimum Gasteiger partial charge on any atom is -0.490 e. The van der Waals surface area contributed by atoms with Gasteiger partial charge in [-0.2, -0.15) is 0 Å². The van der Waals surface area contributed by atoms with Crippen molar-refractivity contribution in [1.29, 1.82) is 0 Å². The summed E-state index contributed by atoms with van der Waals surface area (Å²) in [5.74, 6) is 0.913. The zero-order valence-corrected chi connectivity index (χ0v) is 19.1. The fourth-order valence-corrected chi connectivity index (χ4v) is 3.25. The van der Waals surface area contributed by atoms with Crippen molar-refractivity contribution in [2.75, 3.05) is 6.61 Å². The van der Waals surface area contributed by atoms with E-state index < -0.39 is 5.82 Å². The second-order valence-electron chi connectivity index (χ2n) is 7.45. The van der Waals surface area contributed by atoms with Crippen molar-refractivity contribution in [2.45, 2.75) is 20.1 Å². The van der Waals surface area contributed by atoms with Crippen LogP contribution in [0.25, 0.3) is 0 Å². The van der Waals surface area contributed by atoms with E-state index in [0.717, 1.165) is 5.56 Å². The fourth-order valence-electron chi connectivity index (χ4n) is 3.25. The van der Waals surface area contributed by atoms with E-state index in [-0.39, 0.29) is 18.3 Å². The Bertz CT molecular complexity index is 1280. The van der Waals surface area contributed by atoms with Gasteiger partial charge >= 0.3 is 0 Å². The molecule has 1 amide bonds. The van der Waals surface area contributed by atoms with Crippen molar-refractivity contribution in [1.82, 2.24) is 15.3 Å². The second kappa shape index (κ2) is 11.6. The molecule has 0 atom stereocenters. The lowest BCUT2D eigenvalue weighted by Gasteiger charge is -2.14. The third-order valence-corrected chi connectivity index (χ3v) is 4.95. The van der Waals surface area contributed by atoms with Crippen molar-refractivity contribution in [3.8, 4) is 23.1 Å². The molecule has 2 aromatic heterocycles. The predicted molar refractivity (Wildman–Crippen MR) is 128 cm³/mol. The van der Waals surface area contributed by atoms with Gasteiger partial charge in [0.05, 0.1) is 6.61 Å². The zero-order valence-electron chi connectivity index (χ0n) is 19.1. The minimum absolute atomic E-state index is 0.168. The fraction of sp³-hybridized carbons (Fsp3) is 0.148. The molecule has 0 saturated heterocycles. The van der Waals surface area contributed by atoms with Gasteiger partial charge in [-0.05, 0) is 61.0 Å². The lowest BCUT2D eigenvalue weighted by atomic mass is 10.1. The van der Waals surface area contributed by atoms with Crippen LogP contribution in [-0.2, 0) is 13.2 Å². The number of ether oxygens (including phenoxy) is 3. The molecule has 0 fully saturated rings. The number of nitrogens with zero attached hydrogens (tertiary/aromatic N) is 2. The number of aromatic nitrogens is 2. The van der Waals surface area contributed by atoms with Crippen LogP contribution in [0.4, 0.5) is 4.39 Å². The maximum atomic E-state index is 13.5. The van der Waals surface area contributed by atoms with Gasteiger partial charge in [0.2, 0.25) is 5.88 Å². The first-order chi connectivity index (χ1) is 17.1. The molecular weight excluding hydrogens is 449 g/mol. The van der Waals surface area contributed by atoms with Gasteiger partial charge in [-0.1, -0.05) is 12.1 Å². The summed E-state index contributed by atoms with van der Waals surface area (Å²) in [4.78, 5) is 21.1. The number of benzene rings is 2. The van der Waals surface area contributed by atoms with E-state index in [2.05, 4.69) is 15.3 Å². The predicted octanol–water partition coefficient (Wildman–Crippen LogP) is 5.32. The third-order valence-electron chi connectivity index (χ3n) is 4.95. The van der Waals surface area contributed by atoms with Crippen LogP contribution in [0.2, 0.25) is 0 Å². The second-order valence-corrected chi connectivity index (χ2v) is 7.45. The highest BCUT2D eigenvalue weighted by Gasteiger charge is 2.14. The molecule has 2 heterocycles. The highest BCUT2D eigenvalue weighted by Crippen LogP contribution is 2.29. The number of hydrogen-bond donors (Lipinski definition) is 1. The summed E-state index contributed by atoms with van der Waals surface area (Å²) in [6.07, 6.45) is 4.97. The standard InChI is InChI=1S/C27H24FN3O4/c1-2-33-25-15-20(8-9-24(25)34-18-19-10-13-29-14-11-19)26(32)31-17-21-5-4-12-30-27(21)35-23-7-3-6-22(28)16-23/h3-16H,2,17-18H2,1H3,(H,31,32). The monoisotopic (exact) mass is 473 g/mol. The SMILES string of the molecule is CCOc1cc(C(=O)NCc2cccnc2Oc2cccc(F)c2)ccc1OCc1ccncc1. The molecule has 0 aliphatic carbocycles. The van der Waals surface area contributed by atoms with Crippen molar-refractivity contribution < 1.29 is 23.4 Å². The summed E-state index contributed by atoms with van der Waals surface area (Å²) in [6, 6.07) is 18.1. The highest BCUT2D eigenvalue weighted by atomic mass is 19.1. The molecule has 0 aliphatic rings. The van der Waals surface area contributed by atoms with E-state index in [4.69, 9.17) is 14.2 Å². The molecule has 0 unspecified atom stereocenters. The van der Waals surface area contributed by atoms with Crippen LogP contribution in [0.1, 0.15) is 28.4 Å². The third kappa shape index (κ3) is 6.54. The molecule has 0 radical (unpaired) electrons. The van der Waals surface area contributed by atoms with E-state index in [1.54, 1.807) is 61.1 Å². The van der Waals surface area contributed by atoms with Crippen LogP contribution in [0.15, 0.2) is 85.3 Å². The summed E-state index contributed by atoms with van der Waals surface area (Å²) >= 11 is 0. The lowest BCUT2D eigenvalue weighted by molar-refractivity contribution is 0.0950. The van der Waals surface area contributed by atoms with Crippen LogP contribution in [0.5, 0.6) is 23.1 Å². The van der Waals surface area contributed by atoms with Gasteiger partial charge in [-0.25, -0.2) is 9.37 Å². The first-order valence-electron chi connectivity index (χ1n) is 11.1. The largest absolute Gasteiger partial charge is 0.490 e. The molecule has 0 spiro atoms. The molecule has 4 rings (SSSR count). The van der Waals surface area contributed by atoms with Gasteiger partial charge in [0, 0.05) is 42.3 Å². The van der Waals surface area contributed by atoms with E-state index >= 15 is 0 Å². The summed E-state index contributed by atoms with van der Waals surface area (Å²) in [6.45, 7) is 2.81. The smallest absolute Gasteiger partial charge is 0.251 e. The van der Waals surface area contributed by atoms with Gasteiger partial charge in [0.15, 0.2) is 11.5 Å². The van der Waals surface area contributed by atoms with Gasteiger partial charge in [0.1, 0.15) is 18.2 Å². The minimum atomic E-state index is -0.411. The first-order valence-corrected chi connectivity index (χ1v) is 11.1. The Morgan fingerprint density at radius 3 is 2.60 bits per heavy atom. The number of nitrogens with one attached hydrogen (secondary N) is 1. The quantitative estimate of drug-likeness (QED) is 0.336. The topological polar surface area (TPSA) is 82.6 Å². The molecule has 7 nitrogen and oxygen atoms in total. The molecule has 4 aromatic rings. The summed E-state index contributed by atoms with van der Waals surface area (Å²) in [7, 11) is 0. The van der Waals surface area contributed by atoms with Crippen molar-refractivity contribution in [2.24, 2.45) is 0 Å². The number of hydrogen-bond acceptors (Lipinski definition) is 6. The van der Waals surface area contributed by atoms with Gasteiger partial charge in [-0.3, -0.25) is 9.78 Å². The van der Waals surface area contributed by atoms with Gasteiger partial charge in [-0.15, -0.1) is 0 Å². The average molecular weight is 474 g/mol. The number of carbonyl (C=O) groups excluding carboxylic acids is 1. The van der Waals surface area contributed by atoms with E-state index in [0.29, 0.717) is 41.6 Å². The molecule has 1 N–H and O–H groups in total. The molecular formula is C27H24FN3O4. The molecule has 8 heteroatoms. The van der Waals surface area contributed by atoms with E-state index in [1.807, 2.05) is 19.1 Å². The zero-order chi connectivity index (χ0) is 24.5. The first kappa shape index (κ1) is 23.7. The maximum absolute atomic E-state index is 13.5. The molecule has 35 heavy (non-hydrogen) atoms. The number of rotatable bonds is 10. The average Bonchev–Trinajstić information content (AvgIpc) is 2.88. The lowest BCUT2D eigenvalue weighted by Crippen LogP contribution is -2.23. The Balaban J connectivity index is 1.43. The van der Waals surface area contributed by atoms with Crippen molar-refractivity contribution in [3.05, 3.63) is 108 Å². The number of halogens is 1. The van der Waals surface area contributed by atoms with E-state index in [1.165, 1.54) is 12.1 Å². The summed E-state index contributed by atoms with van der Waals surface area (Å²) in [5.41, 5.74) is 2.03.